The molecule has 1 aromatic carbocycles. The number of aromatic nitrogens is 4. The van der Waals surface area contributed by atoms with Crippen molar-refractivity contribution < 1.29 is 4.74 Å². The minimum absolute atomic E-state index is 0.224. The average molecular weight is 336 g/mol. The van der Waals surface area contributed by atoms with E-state index in [1.165, 1.54) is 6.20 Å². The van der Waals surface area contributed by atoms with Gasteiger partial charge in [0.1, 0.15) is 11.6 Å². The smallest absolute Gasteiger partial charge is 0.226 e. The van der Waals surface area contributed by atoms with Crippen molar-refractivity contribution in [3.8, 4) is 17.5 Å². The summed E-state index contributed by atoms with van der Waals surface area (Å²) in [6, 6.07) is 11.9. The largest absolute Gasteiger partial charge is 0.379 e. The van der Waals surface area contributed by atoms with E-state index in [9.17, 15) is 5.26 Å². The van der Waals surface area contributed by atoms with Gasteiger partial charge in [0.25, 0.3) is 0 Å². The maximum atomic E-state index is 9.27. The highest BCUT2D eigenvalue weighted by atomic mass is 16.5. The van der Waals surface area contributed by atoms with Crippen LogP contribution in [0.2, 0.25) is 0 Å². The molecule has 3 rings (SSSR count). The van der Waals surface area contributed by atoms with Crippen molar-refractivity contribution in [1.82, 2.24) is 19.6 Å². The van der Waals surface area contributed by atoms with E-state index in [-0.39, 0.29) is 6.10 Å². The standard InChI is InChI=1S/C18H20N6O/c1-13(2)25-10-6-9-20-18-22-16(14-7-4-3-5-8-14)24-17(23-18)15(11-19)12-21-24/h3-5,7-8,12-13H,6,9-10H2,1-2H3,(H,20,23). The maximum absolute atomic E-state index is 9.27. The molecule has 0 aliphatic rings. The Morgan fingerprint density at radius 2 is 2.04 bits per heavy atom. The summed E-state index contributed by atoms with van der Waals surface area (Å²) in [6.07, 6.45) is 2.58. The molecule has 0 saturated heterocycles. The minimum atomic E-state index is 0.224. The average Bonchev–Trinajstić information content (AvgIpc) is 3.04. The molecule has 0 saturated carbocycles. The zero-order valence-corrected chi connectivity index (χ0v) is 14.3. The van der Waals surface area contributed by atoms with E-state index < -0.39 is 0 Å². The molecule has 7 heteroatoms. The monoisotopic (exact) mass is 336 g/mol. The van der Waals surface area contributed by atoms with E-state index >= 15 is 0 Å². The lowest BCUT2D eigenvalue weighted by molar-refractivity contribution is 0.0787. The Hall–Kier alpha value is -2.98. The molecule has 128 valence electrons. The first-order valence-corrected chi connectivity index (χ1v) is 8.26. The molecule has 2 aromatic heterocycles. The van der Waals surface area contributed by atoms with Gasteiger partial charge in [-0.15, -0.1) is 0 Å². The molecule has 0 atom stereocenters. The first kappa shape index (κ1) is 16.9. The minimum Gasteiger partial charge on any atom is -0.379 e. The third-order valence-corrected chi connectivity index (χ3v) is 3.58. The van der Waals surface area contributed by atoms with Crippen LogP contribution in [0.4, 0.5) is 5.95 Å². The molecule has 0 unspecified atom stereocenters. The number of hydrogen-bond acceptors (Lipinski definition) is 6. The Morgan fingerprint density at radius 3 is 2.76 bits per heavy atom. The molecule has 1 N–H and O–H groups in total. The van der Waals surface area contributed by atoms with Crippen LogP contribution in [0.5, 0.6) is 0 Å². The topological polar surface area (TPSA) is 88.1 Å². The van der Waals surface area contributed by atoms with Crippen molar-refractivity contribution in [3.05, 3.63) is 42.1 Å². The van der Waals surface area contributed by atoms with Crippen molar-refractivity contribution >= 4 is 11.6 Å². The zero-order chi connectivity index (χ0) is 17.6. The Labute approximate surface area is 146 Å². The van der Waals surface area contributed by atoms with Crippen molar-refractivity contribution in [3.63, 3.8) is 0 Å². The number of hydrogen-bond donors (Lipinski definition) is 1. The van der Waals surface area contributed by atoms with Gasteiger partial charge in [0.15, 0.2) is 11.5 Å². The fourth-order valence-corrected chi connectivity index (χ4v) is 2.40. The first-order valence-electron chi connectivity index (χ1n) is 8.26. The predicted molar refractivity (Wildman–Crippen MR) is 95.1 cm³/mol. The number of benzene rings is 1. The normalized spacial score (nSPS) is 11.0. The molecule has 25 heavy (non-hydrogen) atoms. The third-order valence-electron chi connectivity index (χ3n) is 3.58. The Balaban J connectivity index is 1.88. The molecular weight excluding hydrogens is 316 g/mol. The number of nitriles is 1. The maximum Gasteiger partial charge on any atom is 0.226 e. The summed E-state index contributed by atoms with van der Waals surface area (Å²) in [5, 5.41) is 16.7. The summed E-state index contributed by atoms with van der Waals surface area (Å²) in [5.74, 6) is 1.13. The number of nitrogens with one attached hydrogen (secondary N) is 1. The van der Waals surface area contributed by atoms with Crippen molar-refractivity contribution in [1.29, 1.82) is 5.26 Å². The number of ether oxygens (including phenoxy) is 1. The molecule has 3 aromatic rings. The molecule has 0 spiro atoms. The van der Waals surface area contributed by atoms with Crippen LogP contribution < -0.4 is 5.32 Å². The van der Waals surface area contributed by atoms with Crippen LogP contribution in [0.1, 0.15) is 25.8 Å². The Bertz CT molecular complexity index is 882. The summed E-state index contributed by atoms with van der Waals surface area (Å²) in [6.45, 7) is 5.39. The van der Waals surface area contributed by atoms with Crippen LogP contribution in [-0.4, -0.2) is 38.8 Å². The second-order valence-corrected chi connectivity index (χ2v) is 5.84. The Kier molecular flexibility index (Phi) is 5.21. The van der Waals surface area contributed by atoms with Gasteiger partial charge in [0.05, 0.1) is 12.3 Å². The second-order valence-electron chi connectivity index (χ2n) is 5.84. The fraction of sp³-hybridized carbons (Fsp3) is 0.333. The summed E-state index contributed by atoms with van der Waals surface area (Å²) >= 11 is 0. The predicted octanol–water partition coefficient (Wildman–Crippen LogP) is 2.89. The SMILES string of the molecule is CC(C)OCCCNc1nc(-c2ccccc2)n2ncc(C#N)c2n1. The molecular formula is C18H20N6O. The van der Waals surface area contributed by atoms with E-state index in [1.54, 1.807) is 4.52 Å². The number of rotatable bonds is 7. The third kappa shape index (κ3) is 3.92. The van der Waals surface area contributed by atoms with Crippen LogP contribution in [0, 0.1) is 11.3 Å². The molecule has 0 bridgehead atoms. The van der Waals surface area contributed by atoms with Crippen LogP contribution in [0.3, 0.4) is 0 Å². The van der Waals surface area contributed by atoms with Gasteiger partial charge in [-0.25, -0.2) is 0 Å². The van der Waals surface area contributed by atoms with E-state index in [2.05, 4.69) is 26.5 Å². The van der Waals surface area contributed by atoms with Crippen LogP contribution in [-0.2, 0) is 4.74 Å². The van der Waals surface area contributed by atoms with Gasteiger partial charge < -0.3 is 10.1 Å². The second kappa shape index (κ2) is 7.73. The summed E-state index contributed by atoms with van der Waals surface area (Å²) in [7, 11) is 0. The molecule has 2 heterocycles. The van der Waals surface area contributed by atoms with Crippen LogP contribution >= 0.6 is 0 Å². The van der Waals surface area contributed by atoms with Gasteiger partial charge in [-0.3, -0.25) is 0 Å². The summed E-state index contributed by atoms with van der Waals surface area (Å²) in [5.41, 5.74) is 1.83. The van der Waals surface area contributed by atoms with Gasteiger partial charge in [0.2, 0.25) is 5.95 Å². The molecule has 0 fully saturated rings. The Morgan fingerprint density at radius 1 is 1.24 bits per heavy atom. The summed E-state index contributed by atoms with van der Waals surface area (Å²) in [4.78, 5) is 9.02. The molecule has 0 aliphatic heterocycles. The molecule has 0 aliphatic carbocycles. The molecule has 0 radical (unpaired) electrons. The van der Waals surface area contributed by atoms with Crippen LogP contribution in [0.25, 0.3) is 17.0 Å². The number of nitrogens with zero attached hydrogens (tertiary/aromatic N) is 5. The van der Waals surface area contributed by atoms with E-state index in [4.69, 9.17) is 4.74 Å². The first-order chi connectivity index (χ1) is 12.2. The van der Waals surface area contributed by atoms with Gasteiger partial charge in [-0.05, 0) is 20.3 Å². The fourth-order valence-electron chi connectivity index (χ4n) is 2.40. The quantitative estimate of drug-likeness (QED) is 0.667. The highest BCUT2D eigenvalue weighted by Crippen LogP contribution is 2.20. The van der Waals surface area contributed by atoms with Crippen molar-refractivity contribution in [2.45, 2.75) is 26.4 Å². The van der Waals surface area contributed by atoms with Gasteiger partial charge in [0, 0.05) is 18.7 Å². The highest BCUT2D eigenvalue weighted by Gasteiger charge is 2.14. The van der Waals surface area contributed by atoms with E-state index in [0.717, 1.165) is 12.0 Å². The molecule has 7 nitrogen and oxygen atoms in total. The van der Waals surface area contributed by atoms with Crippen LogP contribution in [0.15, 0.2) is 36.5 Å². The lowest BCUT2D eigenvalue weighted by Crippen LogP contribution is -2.12. The zero-order valence-electron chi connectivity index (χ0n) is 14.3. The highest BCUT2D eigenvalue weighted by molar-refractivity contribution is 5.64. The van der Waals surface area contributed by atoms with E-state index in [0.29, 0.717) is 36.1 Å². The van der Waals surface area contributed by atoms with Gasteiger partial charge in [-0.2, -0.15) is 24.8 Å². The lowest BCUT2D eigenvalue weighted by Gasteiger charge is -2.10. The van der Waals surface area contributed by atoms with Gasteiger partial charge in [-0.1, -0.05) is 30.3 Å². The van der Waals surface area contributed by atoms with Crippen molar-refractivity contribution in [2.75, 3.05) is 18.5 Å². The number of anilines is 1. The molecule has 0 amide bonds. The lowest BCUT2D eigenvalue weighted by atomic mass is 10.2. The number of fused-ring (bicyclic) bond motifs is 1. The van der Waals surface area contributed by atoms with E-state index in [1.807, 2.05) is 44.2 Å². The van der Waals surface area contributed by atoms with Gasteiger partial charge >= 0.3 is 0 Å². The summed E-state index contributed by atoms with van der Waals surface area (Å²) < 4.78 is 7.13. The van der Waals surface area contributed by atoms with Crippen molar-refractivity contribution in [2.24, 2.45) is 0 Å².